The van der Waals surface area contributed by atoms with Crippen molar-refractivity contribution in [1.29, 1.82) is 0 Å². The minimum atomic E-state index is -0.145. The van der Waals surface area contributed by atoms with Crippen molar-refractivity contribution in [3.05, 3.63) is 36.9 Å². The number of carbonyl (C=O) groups is 2. The summed E-state index contributed by atoms with van der Waals surface area (Å²) in [4.78, 5) is 24.7. The Morgan fingerprint density at radius 3 is 2.80 bits per heavy atom. The van der Waals surface area contributed by atoms with E-state index in [0.29, 0.717) is 24.5 Å². The van der Waals surface area contributed by atoms with E-state index in [2.05, 4.69) is 11.9 Å². The lowest BCUT2D eigenvalue weighted by atomic mass is 10.2. The van der Waals surface area contributed by atoms with Crippen molar-refractivity contribution < 1.29 is 14.3 Å². The van der Waals surface area contributed by atoms with Gasteiger partial charge >= 0.3 is 0 Å². The second-order valence-electron chi connectivity index (χ2n) is 4.28. The maximum Gasteiger partial charge on any atom is 0.226 e. The van der Waals surface area contributed by atoms with Gasteiger partial charge < -0.3 is 15.0 Å². The summed E-state index contributed by atoms with van der Waals surface area (Å²) in [5.41, 5.74) is 0.674. The van der Waals surface area contributed by atoms with E-state index in [1.807, 2.05) is 0 Å². The highest BCUT2D eigenvalue weighted by molar-refractivity contribution is 5.91. The summed E-state index contributed by atoms with van der Waals surface area (Å²) >= 11 is 0. The summed E-state index contributed by atoms with van der Waals surface area (Å²) in [5.74, 6) is 0.465. The van der Waals surface area contributed by atoms with Gasteiger partial charge in [-0.15, -0.1) is 6.58 Å². The van der Waals surface area contributed by atoms with Gasteiger partial charge in [0, 0.05) is 38.2 Å². The Morgan fingerprint density at radius 1 is 1.45 bits per heavy atom. The average molecular weight is 276 g/mol. The zero-order valence-corrected chi connectivity index (χ0v) is 11.9. The van der Waals surface area contributed by atoms with Crippen molar-refractivity contribution in [2.45, 2.75) is 13.3 Å². The molecule has 0 fully saturated rings. The largest absolute Gasteiger partial charge is 0.497 e. The number of benzene rings is 1. The zero-order valence-electron chi connectivity index (χ0n) is 11.9. The highest BCUT2D eigenvalue weighted by Gasteiger charge is 2.10. The van der Waals surface area contributed by atoms with Gasteiger partial charge in [-0.05, 0) is 12.1 Å². The Morgan fingerprint density at radius 2 is 2.20 bits per heavy atom. The van der Waals surface area contributed by atoms with Crippen LogP contribution in [0.2, 0.25) is 0 Å². The van der Waals surface area contributed by atoms with E-state index in [9.17, 15) is 9.59 Å². The molecule has 0 atom stereocenters. The van der Waals surface area contributed by atoms with Crippen molar-refractivity contribution in [2.24, 2.45) is 0 Å². The number of nitrogens with zero attached hydrogens (tertiary/aromatic N) is 1. The molecule has 5 heteroatoms. The third kappa shape index (κ3) is 5.14. The minimum Gasteiger partial charge on any atom is -0.497 e. The van der Waals surface area contributed by atoms with Crippen molar-refractivity contribution in [3.8, 4) is 5.75 Å². The summed E-state index contributed by atoms with van der Waals surface area (Å²) in [6, 6.07) is 7.13. The van der Waals surface area contributed by atoms with E-state index in [1.54, 1.807) is 42.4 Å². The number of carbonyl (C=O) groups excluding carboxylic acids is 2. The molecule has 5 nitrogen and oxygen atoms in total. The molecule has 2 amide bonds. The molecule has 0 unspecified atom stereocenters. The van der Waals surface area contributed by atoms with Gasteiger partial charge in [0.15, 0.2) is 0 Å². The van der Waals surface area contributed by atoms with E-state index >= 15 is 0 Å². The number of hydrogen-bond donors (Lipinski definition) is 1. The van der Waals surface area contributed by atoms with Crippen molar-refractivity contribution in [1.82, 2.24) is 4.90 Å². The second-order valence-corrected chi connectivity index (χ2v) is 4.28. The molecule has 0 heterocycles. The zero-order chi connectivity index (χ0) is 15.0. The monoisotopic (exact) mass is 276 g/mol. The Bertz CT molecular complexity index is 486. The highest BCUT2D eigenvalue weighted by atomic mass is 16.5. The molecule has 0 aromatic heterocycles. The van der Waals surface area contributed by atoms with Crippen LogP contribution in [0.15, 0.2) is 36.9 Å². The van der Waals surface area contributed by atoms with Crippen LogP contribution in [0.3, 0.4) is 0 Å². The summed E-state index contributed by atoms with van der Waals surface area (Å²) in [6.45, 7) is 5.88. The third-order valence-corrected chi connectivity index (χ3v) is 2.76. The molecule has 0 spiro atoms. The maximum atomic E-state index is 11.8. The topological polar surface area (TPSA) is 58.6 Å². The third-order valence-electron chi connectivity index (χ3n) is 2.76. The minimum absolute atomic E-state index is 0.0703. The SMILES string of the molecule is C=CCN(CCC(=O)Nc1cccc(OC)c1)C(C)=O. The van der Waals surface area contributed by atoms with Gasteiger partial charge in [-0.3, -0.25) is 9.59 Å². The molecule has 0 saturated carbocycles. The van der Waals surface area contributed by atoms with E-state index in [1.165, 1.54) is 6.92 Å². The Hall–Kier alpha value is -2.30. The van der Waals surface area contributed by atoms with Gasteiger partial charge in [-0.2, -0.15) is 0 Å². The van der Waals surface area contributed by atoms with Crippen LogP contribution in [-0.2, 0) is 9.59 Å². The van der Waals surface area contributed by atoms with Gasteiger partial charge in [-0.25, -0.2) is 0 Å². The molecule has 0 aliphatic carbocycles. The Labute approximate surface area is 119 Å². The summed E-state index contributed by atoms with van der Waals surface area (Å²) in [6.07, 6.45) is 1.88. The van der Waals surface area contributed by atoms with Crippen LogP contribution in [0.4, 0.5) is 5.69 Å². The first-order valence-electron chi connectivity index (χ1n) is 6.37. The number of nitrogens with one attached hydrogen (secondary N) is 1. The first kappa shape index (κ1) is 15.8. The van der Waals surface area contributed by atoms with Crippen LogP contribution in [-0.4, -0.2) is 36.9 Å². The fraction of sp³-hybridized carbons (Fsp3) is 0.333. The smallest absolute Gasteiger partial charge is 0.226 e. The molecule has 0 aliphatic rings. The van der Waals surface area contributed by atoms with Crippen LogP contribution in [0.25, 0.3) is 0 Å². The quantitative estimate of drug-likeness (QED) is 0.775. The van der Waals surface area contributed by atoms with Crippen molar-refractivity contribution >= 4 is 17.5 Å². The van der Waals surface area contributed by atoms with Gasteiger partial charge in [-0.1, -0.05) is 12.1 Å². The summed E-state index contributed by atoms with van der Waals surface area (Å²) in [5, 5.41) is 2.77. The summed E-state index contributed by atoms with van der Waals surface area (Å²) < 4.78 is 5.08. The fourth-order valence-corrected chi connectivity index (χ4v) is 1.69. The first-order valence-corrected chi connectivity index (χ1v) is 6.37. The number of methoxy groups -OCH3 is 1. The lowest BCUT2D eigenvalue weighted by Gasteiger charge is -2.18. The second kappa shape index (κ2) is 7.99. The maximum absolute atomic E-state index is 11.8. The molecular formula is C15H20N2O3. The van der Waals surface area contributed by atoms with Gasteiger partial charge in [0.2, 0.25) is 11.8 Å². The number of amides is 2. The average Bonchev–Trinajstić information content (AvgIpc) is 2.43. The molecule has 1 aromatic rings. The molecule has 0 saturated heterocycles. The predicted molar refractivity (Wildman–Crippen MR) is 78.7 cm³/mol. The van der Waals surface area contributed by atoms with E-state index in [-0.39, 0.29) is 18.2 Å². The van der Waals surface area contributed by atoms with Crippen molar-refractivity contribution in [2.75, 3.05) is 25.5 Å². The number of ether oxygens (including phenoxy) is 1. The molecular weight excluding hydrogens is 256 g/mol. The van der Waals surface area contributed by atoms with E-state index in [0.717, 1.165) is 0 Å². The Kier molecular flexibility index (Phi) is 6.29. The molecule has 108 valence electrons. The van der Waals surface area contributed by atoms with Crippen molar-refractivity contribution in [3.63, 3.8) is 0 Å². The van der Waals surface area contributed by atoms with E-state index < -0.39 is 0 Å². The normalized spacial score (nSPS) is 9.70. The molecule has 0 bridgehead atoms. The molecule has 0 aliphatic heterocycles. The highest BCUT2D eigenvalue weighted by Crippen LogP contribution is 2.16. The van der Waals surface area contributed by atoms with Crippen LogP contribution in [0, 0.1) is 0 Å². The lowest BCUT2D eigenvalue weighted by Crippen LogP contribution is -2.32. The number of hydrogen-bond acceptors (Lipinski definition) is 3. The molecule has 1 aromatic carbocycles. The standard InChI is InChI=1S/C15H20N2O3/c1-4-9-17(12(2)18)10-8-15(19)16-13-6-5-7-14(11-13)20-3/h4-7,11H,1,8-10H2,2-3H3,(H,16,19). The van der Waals surface area contributed by atoms with Crippen LogP contribution < -0.4 is 10.1 Å². The fourth-order valence-electron chi connectivity index (χ4n) is 1.69. The van der Waals surface area contributed by atoms with Crippen LogP contribution in [0.1, 0.15) is 13.3 Å². The predicted octanol–water partition coefficient (Wildman–Crippen LogP) is 2.06. The van der Waals surface area contributed by atoms with Gasteiger partial charge in [0.05, 0.1) is 7.11 Å². The van der Waals surface area contributed by atoms with Gasteiger partial charge in [0.25, 0.3) is 0 Å². The molecule has 0 radical (unpaired) electrons. The summed E-state index contributed by atoms with van der Waals surface area (Å²) in [7, 11) is 1.57. The first-order chi connectivity index (χ1) is 9.56. The van der Waals surface area contributed by atoms with Gasteiger partial charge in [0.1, 0.15) is 5.75 Å². The Balaban J connectivity index is 2.50. The number of anilines is 1. The lowest BCUT2D eigenvalue weighted by molar-refractivity contribution is -0.128. The molecule has 1 rings (SSSR count). The van der Waals surface area contributed by atoms with E-state index in [4.69, 9.17) is 4.74 Å². The number of rotatable bonds is 7. The molecule has 20 heavy (non-hydrogen) atoms. The molecule has 1 N–H and O–H groups in total. The van der Waals surface area contributed by atoms with Crippen LogP contribution >= 0.6 is 0 Å². The van der Waals surface area contributed by atoms with Crippen LogP contribution in [0.5, 0.6) is 5.75 Å².